The van der Waals surface area contributed by atoms with Gasteiger partial charge in [-0.3, -0.25) is 4.79 Å². The second-order valence-corrected chi connectivity index (χ2v) is 8.13. The zero-order chi connectivity index (χ0) is 21.5. The topological polar surface area (TPSA) is 74.2 Å². The van der Waals surface area contributed by atoms with Gasteiger partial charge in [-0.15, -0.1) is 0 Å². The Morgan fingerprint density at radius 3 is 2.81 bits per heavy atom. The fraction of sp³-hybridized carbons (Fsp3) is 0.273. The number of hydrogen-bond acceptors (Lipinski definition) is 6. The van der Waals surface area contributed by atoms with Crippen molar-refractivity contribution in [2.24, 2.45) is 0 Å². The number of nitrogens with zero attached hydrogens (tertiary/aromatic N) is 5. The van der Waals surface area contributed by atoms with E-state index in [9.17, 15) is 9.18 Å². The van der Waals surface area contributed by atoms with Gasteiger partial charge in [-0.25, -0.2) is 19.3 Å². The Morgan fingerprint density at radius 2 is 2.03 bits per heavy atom. The molecule has 3 aliphatic heterocycles. The van der Waals surface area contributed by atoms with Crippen molar-refractivity contribution in [3.05, 3.63) is 60.2 Å². The number of aromatic nitrogens is 3. The molecule has 1 unspecified atom stereocenters. The van der Waals surface area contributed by atoms with Crippen LogP contribution in [0.4, 0.5) is 21.7 Å². The number of hydrogen-bond donors (Lipinski definition) is 1. The minimum Gasteiger partial charge on any atom is -0.350 e. The average Bonchev–Trinajstić information content (AvgIpc) is 2.81. The molecule has 0 aliphatic carbocycles. The van der Waals surface area contributed by atoms with Gasteiger partial charge in [-0.1, -0.05) is 24.2 Å². The second kappa shape index (κ2) is 7.77. The lowest BCUT2D eigenvalue weighted by Crippen LogP contribution is -2.64. The number of piperazine rings is 1. The molecule has 1 amide bonds. The fourth-order valence-corrected chi connectivity index (χ4v) is 4.58. The highest BCUT2D eigenvalue weighted by atomic mass is 35.5. The first kappa shape index (κ1) is 19.7. The number of carbonyl (C=O) groups is 1. The summed E-state index contributed by atoms with van der Waals surface area (Å²) in [6, 6.07) is 8.88. The molecule has 31 heavy (non-hydrogen) atoms. The molecule has 0 saturated carbocycles. The van der Waals surface area contributed by atoms with Gasteiger partial charge in [0.05, 0.1) is 16.2 Å². The number of anilines is 3. The van der Waals surface area contributed by atoms with Crippen molar-refractivity contribution in [3.63, 3.8) is 0 Å². The van der Waals surface area contributed by atoms with E-state index in [-0.39, 0.29) is 28.7 Å². The number of pyridine rings is 1. The van der Waals surface area contributed by atoms with Crippen molar-refractivity contribution >= 4 is 45.9 Å². The molecule has 1 N–H and O–H groups in total. The lowest BCUT2D eigenvalue weighted by atomic mass is 9.90. The van der Waals surface area contributed by atoms with Crippen LogP contribution in [0.15, 0.2) is 49.3 Å². The van der Waals surface area contributed by atoms with Gasteiger partial charge in [0.2, 0.25) is 5.91 Å². The van der Waals surface area contributed by atoms with Gasteiger partial charge in [0.25, 0.3) is 0 Å². The molecular formula is C22H20ClFN6O. The summed E-state index contributed by atoms with van der Waals surface area (Å²) in [6.45, 7) is 4.98. The Kier molecular flexibility index (Phi) is 4.94. The molecule has 1 aromatic carbocycles. The molecule has 0 spiro atoms. The number of carbonyl (C=O) groups excluding carboxylic acids is 1. The second-order valence-electron chi connectivity index (χ2n) is 7.72. The first-order valence-electron chi connectivity index (χ1n) is 10.1. The lowest BCUT2D eigenvalue weighted by molar-refractivity contribution is -0.131. The minimum atomic E-state index is -0.549. The SMILES string of the molecule is C=CC(=O)N1CC2CC[C@H]1CN2c1ccc2ncnc(Nc3cccc(Cl)c3F)c2n1. The maximum Gasteiger partial charge on any atom is 0.246 e. The van der Waals surface area contributed by atoms with Crippen LogP contribution in [0.1, 0.15) is 12.8 Å². The highest BCUT2D eigenvalue weighted by molar-refractivity contribution is 6.31. The maximum absolute atomic E-state index is 14.4. The highest BCUT2D eigenvalue weighted by Gasteiger charge is 2.40. The Balaban J connectivity index is 1.48. The number of nitrogens with one attached hydrogen (secondary N) is 1. The predicted octanol–water partition coefficient (Wildman–Crippen LogP) is 3.93. The molecule has 7 nitrogen and oxygen atoms in total. The molecule has 2 aromatic heterocycles. The predicted molar refractivity (Wildman–Crippen MR) is 118 cm³/mol. The smallest absolute Gasteiger partial charge is 0.246 e. The molecule has 2 bridgehead atoms. The van der Waals surface area contributed by atoms with Crippen molar-refractivity contribution in [2.45, 2.75) is 24.9 Å². The quantitative estimate of drug-likeness (QED) is 0.622. The van der Waals surface area contributed by atoms with Gasteiger partial charge in [0, 0.05) is 25.2 Å². The zero-order valence-corrected chi connectivity index (χ0v) is 17.4. The Hall–Kier alpha value is -3.26. The minimum absolute atomic E-state index is 0.0238. The van der Waals surface area contributed by atoms with Crippen LogP contribution in [0.2, 0.25) is 5.02 Å². The lowest BCUT2D eigenvalue weighted by Gasteiger charge is -2.51. The fourth-order valence-electron chi connectivity index (χ4n) is 4.41. The van der Waals surface area contributed by atoms with Crippen molar-refractivity contribution < 1.29 is 9.18 Å². The van der Waals surface area contributed by atoms with E-state index in [0.29, 0.717) is 29.9 Å². The van der Waals surface area contributed by atoms with Crippen LogP contribution in [0.25, 0.3) is 11.0 Å². The van der Waals surface area contributed by atoms with Crippen LogP contribution in [-0.2, 0) is 4.79 Å². The van der Waals surface area contributed by atoms with E-state index in [1.54, 1.807) is 12.1 Å². The average molecular weight is 439 g/mol. The van der Waals surface area contributed by atoms with Gasteiger partial charge >= 0.3 is 0 Å². The van der Waals surface area contributed by atoms with Crippen LogP contribution in [0.3, 0.4) is 0 Å². The third kappa shape index (κ3) is 3.46. The van der Waals surface area contributed by atoms with Crippen molar-refractivity contribution in [1.29, 1.82) is 0 Å². The molecular weight excluding hydrogens is 419 g/mol. The van der Waals surface area contributed by atoms with E-state index in [2.05, 4.69) is 26.8 Å². The molecule has 158 valence electrons. The molecule has 6 rings (SSSR count). The number of piperidine rings is 2. The standard InChI is InChI=1S/C22H20ClFN6O/c1-2-19(31)30-11-13-6-7-14(30)10-29(13)18-9-8-17-21(28-18)22(26-12-25-17)27-16-5-3-4-15(23)20(16)24/h2-5,8-9,12-14H,1,6-7,10-11H2,(H,25,26,27)/t13?,14-/m0/s1. The molecule has 3 aromatic rings. The summed E-state index contributed by atoms with van der Waals surface area (Å²) in [5.74, 6) is 0.618. The van der Waals surface area contributed by atoms with E-state index >= 15 is 0 Å². The van der Waals surface area contributed by atoms with E-state index in [4.69, 9.17) is 16.6 Å². The van der Waals surface area contributed by atoms with E-state index in [1.807, 2.05) is 17.0 Å². The van der Waals surface area contributed by atoms with Crippen LogP contribution in [0.5, 0.6) is 0 Å². The highest BCUT2D eigenvalue weighted by Crippen LogP contribution is 2.34. The maximum atomic E-state index is 14.4. The summed E-state index contributed by atoms with van der Waals surface area (Å²) in [5, 5.41) is 3.02. The number of rotatable bonds is 4. The summed E-state index contributed by atoms with van der Waals surface area (Å²) in [6.07, 6.45) is 4.76. The Morgan fingerprint density at radius 1 is 1.19 bits per heavy atom. The monoisotopic (exact) mass is 438 g/mol. The summed E-state index contributed by atoms with van der Waals surface area (Å²) in [7, 11) is 0. The normalized spacial score (nSPS) is 20.2. The third-order valence-corrected chi connectivity index (χ3v) is 6.25. The molecule has 2 atom stereocenters. The van der Waals surface area contributed by atoms with E-state index in [0.717, 1.165) is 18.7 Å². The summed E-state index contributed by atoms with van der Waals surface area (Å²) < 4.78 is 14.4. The number of benzene rings is 1. The molecule has 3 fully saturated rings. The van der Waals surface area contributed by atoms with Gasteiger partial charge in [-0.05, 0) is 43.2 Å². The summed E-state index contributed by atoms with van der Waals surface area (Å²) in [5.41, 5.74) is 1.41. The molecule has 3 aliphatic rings. The van der Waals surface area contributed by atoms with E-state index < -0.39 is 5.82 Å². The first-order valence-corrected chi connectivity index (χ1v) is 10.5. The van der Waals surface area contributed by atoms with E-state index in [1.165, 1.54) is 18.5 Å². The van der Waals surface area contributed by atoms with Crippen molar-refractivity contribution in [3.8, 4) is 0 Å². The number of amides is 1. The third-order valence-electron chi connectivity index (χ3n) is 5.95. The van der Waals surface area contributed by atoms with Crippen LogP contribution in [-0.4, -0.2) is 50.9 Å². The van der Waals surface area contributed by atoms with Crippen molar-refractivity contribution in [1.82, 2.24) is 19.9 Å². The van der Waals surface area contributed by atoms with Gasteiger partial charge in [0.15, 0.2) is 11.6 Å². The Bertz CT molecular complexity index is 1190. The largest absolute Gasteiger partial charge is 0.350 e. The van der Waals surface area contributed by atoms with Gasteiger partial charge in [-0.2, -0.15) is 0 Å². The summed E-state index contributed by atoms with van der Waals surface area (Å²) in [4.78, 5) is 29.7. The number of fused-ring (bicyclic) bond motifs is 4. The molecule has 5 heterocycles. The molecule has 3 saturated heterocycles. The first-order chi connectivity index (χ1) is 15.0. The number of halogens is 2. The Labute approximate surface area is 183 Å². The molecule has 9 heteroatoms. The molecule has 0 radical (unpaired) electrons. The van der Waals surface area contributed by atoms with Crippen LogP contribution >= 0.6 is 11.6 Å². The summed E-state index contributed by atoms with van der Waals surface area (Å²) >= 11 is 5.90. The zero-order valence-electron chi connectivity index (χ0n) is 16.6. The van der Waals surface area contributed by atoms with Crippen LogP contribution < -0.4 is 10.2 Å². The van der Waals surface area contributed by atoms with Gasteiger partial charge < -0.3 is 15.1 Å². The van der Waals surface area contributed by atoms with Crippen molar-refractivity contribution in [2.75, 3.05) is 23.3 Å². The van der Waals surface area contributed by atoms with Crippen LogP contribution in [0, 0.1) is 5.82 Å². The van der Waals surface area contributed by atoms with Gasteiger partial charge in [0.1, 0.15) is 17.7 Å².